The molecule has 0 saturated heterocycles. The van der Waals surface area contributed by atoms with Crippen LogP contribution >= 0.6 is 0 Å². The number of benzene rings is 2. The molecule has 4 heteroatoms. The van der Waals surface area contributed by atoms with E-state index in [1.54, 1.807) is 0 Å². The topological polar surface area (TPSA) is 80.9 Å². The number of aliphatic hydroxyl groups excluding tert-OH is 3. The van der Waals surface area contributed by atoms with Crippen molar-refractivity contribution in [3.63, 3.8) is 0 Å². The van der Waals surface area contributed by atoms with E-state index in [1.807, 2.05) is 48.5 Å². The maximum absolute atomic E-state index is 12.5. The summed E-state index contributed by atoms with van der Waals surface area (Å²) in [6.07, 6.45) is 0. The average Bonchev–Trinajstić information content (AvgIpc) is 2.68. The van der Waals surface area contributed by atoms with Gasteiger partial charge in [0.25, 0.3) is 0 Å². The summed E-state index contributed by atoms with van der Waals surface area (Å²) in [5.74, 6) is 0. The molecule has 0 atom stereocenters. The number of rotatable bonds is 6. The summed E-state index contributed by atoms with van der Waals surface area (Å²) in [4.78, 5) is 0. The zero-order valence-corrected chi connectivity index (χ0v) is 18.5. The van der Waals surface area contributed by atoms with Crippen molar-refractivity contribution in [2.24, 2.45) is 5.41 Å². The zero-order chi connectivity index (χ0) is 22.1. The van der Waals surface area contributed by atoms with Gasteiger partial charge < -0.3 is 20.4 Å². The van der Waals surface area contributed by atoms with Crippen molar-refractivity contribution in [2.45, 2.75) is 58.0 Å². The largest absolute Gasteiger partial charge is 0.395 e. The molecule has 2 aromatic carbocycles. The predicted octanol–water partition coefficient (Wildman–Crippen LogP) is 3.48. The quantitative estimate of drug-likeness (QED) is 0.598. The highest BCUT2D eigenvalue weighted by Crippen LogP contribution is 2.50. The number of hydrogen-bond donors (Lipinski definition) is 4. The molecule has 4 N–H and O–H groups in total. The van der Waals surface area contributed by atoms with Crippen LogP contribution < -0.4 is 0 Å². The van der Waals surface area contributed by atoms with Crippen molar-refractivity contribution in [1.29, 1.82) is 0 Å². The lowest BCUT2D eigenvalue weighted by Gasteiger charge is -2.48. The Bertz CT molecular complexity index is 757. The lowest BCUT2D eigenvalue weighted by atomic mass is 9.61. The van der Waals surface area contributed by atoms with Crippen LogP contribution in [0.4, 0.5) is 0 Å². The van der Waals surface area contributed by atoms with Crippen LogP contribution in [0.15, 0.2) is 48.5 Å². The van der Waals surface area contributed by atoms with Gasteiger partial charge in [-0.05, 0) is 33.1 Å². The van der Waals surface area contributed by atoms with E-state index in [9.17, 15) is 20.4 Å². The molecule has 160 valence electrons. The maximum atomic E-state index is 12.5. The molecule has 4 nitrogen and oxygen atoms in total. The molecule has 2 rings (SSSR count). The van der Waals surface area contributed by atoms with Crippen LogP contribution in [-0.4, -0.2) is 40.2 Å². The molecular formula is C25H36O4. The molecule has 0 amide bonds. The number of aliphatic hydroxyl groups is 4. The molecule has 0 unspecified atom stereocenters. The summed E-state index contributed by atoms with van der Waals surface area (Å²) in [5, 5.41) is 43.5. The second-order valence-electron chi connectivity index (χ2n) is 10.1. The Morgan fingerprint density at radius 1 is 0.552 bits per heavy atom. The molecule has 0 fully saturated rings. The van der Waals surface area contributed by atoms with Crippen LogP contribution in [-0.2, 0) is 16.4 Å². The van der Waals surface area contributed by atoms with E-state index in [2.05, 4.69) is 41.5 Å². The van der Waals surface area contributed by atoms with Crippen molar-refractivity contribution in [2.75, 3.05) is 19.8 Å². The standard InChI is InChI=1S/C25H36O4/c1-22(2,3)18-11-7-9-13-20(18)25(29,24(15-26,16-27)17-28)21-14-10-8-12-19(21)23(4,5)6/h7-14,26-29H,15-17H2,1-6H3. The fourth-order valence-corrected chi connectivity index (χ4v) is 4.11. The highest BCUT2D eigenvalue weighted by molar-refractivity contribution is 5.50. The molecule has 29 heavy (non-hydrogen) atoms. The van der Waals surface area contributed by atoms with Gasteiger partial charge in [-0.1, -0.05) is 90.1 Å². The van der Waals surface area contributed by atoms with Crippen LogP contribution in [0.1, 0.15) is 63.8 Å². The molecule has 0 aliphatic carbocycles. The summed E-state index contributed by atoms with van der Waals surface area (Å²) >= 11 is 0. The van der Waals surface area contributed by atoms with E-state index < -0.39 is 30.8 Å². The van der Waals surface area contributed by atoms with Gasteiger partial charge in [0.1, 0.15) is 5.60 Å². The van der Waals surface area contributed by atoms with E-state index in [0.29, 0.717) is 11.1 Å². The van der Waals surface area contributed by atoms with Crippen LogP contribution in [0.3, 0.4) is 0 Å². The van der Waals surface area contributed by atoms with Gasteiger partial charge in [-0.2, -0.15) is 0 Å². The third-order valence-electron chi connectivity index (χ3n) is 5.93. The minimum Gasteiger partial charge on any atom is -0.395 e. The Labute approximate surface area is 174 Å². The average molecular weight is 401 g/mol. The van der Waals surface area contributed by atoms with Gasteiger partial charge in [0.15, 0.2) is 0 Å². The monoisotopic (exact) mass is 400 g/mol. The third kappa shape index (κ3) is 3.99. The van der Waals surface area contributed by atoms with Crippen LogP contribution in [0.5, 0.6) is 0 Å². The van der Waals surface area contributed by atoms with E-state index in [-0.39, 0.29) is 10.8 Å². The van der Waals surface area contributed by atoms with Gasteiger partial charge in [0.2, 0.25) is 0 Å². The lowest BCUT2D eigenvalue weighted by Crippen LogP contribution is -2.55. The van der Waals surface area contributed by atoms with Crippen molar-refractivity contribution in [3.05, 3.63) is 70.8 Å². The van der Waals surface area contributed by atoms with Gasteiger partial charge in [0.05, 0.1) is 25.2 Å². The van der Waals surface area contributed by atoms with E-state index in [4.69, 9.17) is 0 Å². The normalized spacial score (nSPS) is 13.6. The molecule has 0 aliphatic rings. The molecular weight excluding hydrogens is 364 g/mol. The highest BCUT2D eigenvalue weighted by Gasteiger charge is 2.54. The first kappa shape index (κ1) is 23.6. The minimum absolute atomic E-state index is 0.298. The molecule has 0 saturated carbocycles. The molecule has 0 aromatic heterocycles. The van der Waals surface area contributed by atoms with E-state index >= 15 is 0 Å². The minimum atomic E-state index is -1.81. The second-order valence-corrected chi connectivity index (χ2v) is 10.1. The van der Waals surface area contributed by atoms with Crippen molar-refractivity contribution in [3.8, 4) is 0 Å². The van der Waals surface area contributed by atoms with Gasteiger partial charge >= 0.3 is 0 Å². The zero-order valence-electron chi connectivity index (χ0n) is 18.5. The van der Waals surface area contributed by atoms with E-state index in [0.717, 1.165) is 11.1 Å². The first-order valence-corrected chi connectivity index (χ1v) is 10.1. The van der Waals surface area contributed by atoms with Gasteiger partial charge in [-0.15, -0.1) is 0 Å². The third-order valence-corrected chi connectivity index (χ3v) is 5.93. The lowest BCUT2D eigenvalue weighted by molar-refractivity contribution is -0.137. The summed E-state index contributed by atoms with van der Waals surface area (Å²) in [5.41, 5.74) is -1.02. The molecule has 0 heterocycles. The number of hydrogen-bond acceptors (Lipinski definition) is 4. The summed E-state index contributed by atoms with van der Waals surface area (Å²) < 4.78 is 0. The first-order valence-electron chi connectivity index (χ1n) is 10.1. The molecule has 0 aliphatic heterocycles. The van der Waals surface area contributed by atoms with Crippen LogP contribution in [0.25, 0.3) is 0 Å². The Morgan fingerprint density at radius 2 is 0.828 bits per heavy atom. The smallest absolute Gasteiger partial charge is 0.127 e. The van der Waals surface area contributed by atoms with Crippen molar-refractivity contribution in [1.82, 2.24) is 0 Å². The summed E-state index contributed by atoms with van der Waals surface area (Å²) in [7, 11) is 0. The van der Waals surface area contributed by atoms with Crippen molar-refractivity contribution >= 4 is 0 Å². The van der Waals surface area contributed by atoms with Crippen LogP contribution in [0.2, 0.25) is 0 Å². The SMILES string of the molecule is CC(C)(C)c1ccccc1C(O)(c1ccccc1C(C)(C)C)C(CO)(CO)CO. The molecule has 0 radical (unpaired) electrons. The summed E-state index contributed by atoms with van der Waals surface area (Å²) in [6, 6.07) is 15.1. The van der Waals surface area contributed by atoms with Crippen LogP contribution in [0, 0.1) is 5.41 Å². The highest BCUT2D eigenvalue weighted by atomic mass is 16.3. The van der Waals surface area contributed by atoms with E-state index in [1.165, 1.54) is 0 Å². The van der Waals surface area contributed by atoms with Crippen molar-refractivity contribution < 1.29 is 20.4 Å². The second kappa shape index (κ2) is 8.19. The molecule has 2 aromatic rings. The summed E-state index contributed by atoms with van der Waals surface area (Å²) in [6.45, 7) is 10.6. The fraction of sp³-hybridized carbons (Fsp3) is 0.520. The molecule has 0 spiro atoms. The Hall–Kier alpha value is -1.72. The fourth-order valence-electron chi connectivity index (χ4n) is 4.11. The predicted molar refractivity (Wildman–Crippen MR) is 117 cm³/mol. The van der Waals surface area contributed by atoms with Gasteiger partial charge in [-0.3, -0.25) is 0 Å². The first-order chi connectivity index (χ1) is 13.4. The molecule has 0 bridgehead atoms. The van der Waals surface area contributed by atoms with Gasteiger partial charge in [-0.25, -0.2) is 0 Å². The Balaban J connectivity index is 3.05. The van der Waals surface area contributed by atoms with Gasteiger partial charge in [0, 0.05) is 0 Å². The Kier molecular flexibility index (Phi) is 6.65. The Morgan fingerprint density at radius 3 is 1.07 bits per heavy atom. The maximum Gasteiger partial charge on any atom is 0.127 e.